The molecular weight excluding hydrogens is 310 g/mol. The molecule has 0 aliphatic heterocycles. The zero-order chi connectivity index (χ0) is 17.1. The van der Waals surface area contributed by atoms with E-state index in [0.29, 0.717) is 25.0 Å². The van der Waals surface area contributed by atoms with Crippen LogP contribution in [0.4, 0.5) is 8.78 Å². The second kappa shape index (κ2) is 7.71. The number of fused-ring (bicyclic) bond motifs is 1. The first-order chi connectivity index (χ1) is 11.7. The van der Waals surface area contributed by atoms with Crippen LogP contribution >= 0.6 is 0 Å². The summed E-state index contributed by atoms with van der Waals surface area (Å²) >= 11 is 0. The van der Waals surface area contributed by atoms with Crippen LogP contribution < -0.4 is 9.47 Å². The minimum atomic E-state index is -0.956. The molecule has 2 nitrogen and oxygen atoms in total. The van der Waals surface area contributed by atoms with Crippen LogP contribution in [-0.2, 0) is 0 Å². The van der Waals surface area contributed by atoms with E-state index in [9.17, 15) is 8.78 Å². The zero-order valence-corrected chi connectivity index (χ0v) is 14.7. The largest absolute Gasteiger partial charge is 0.491 e. The topological polar surface area (TPSA) is 18.5 Å². The van der Waals surface area contributed by atoms with E-state index >= 15 is 0 Å². The maximum Gasteiger partial charge on any atom is 0.204 e. The summed E-state index contributed by atoms with van der Waals surface area (Å²) in [5, 5.41) is 0. The third kappa shape index (κ3) is 3.38. The second-order valence-electron chi connectivity index (χ2n) is 7.23. The minimum absolute atomic E-state index is 0.00232. The van der Waals surface area contributed by atoms with E-state index in [2.05, 4.69) is 6.92 Å². The molecule has 0 radical (unpaired) electrons. The zero-order valence-electron chi connectivity index (χ0n) is 14.7. The molecule has 2 saturated carbocycles. The molecule has 0 N–H and O–H groups in total. The van der Waals surface area contributed by atoms with E-state index in [1.165, 1.54) is 44.2 Å². The first-order valence-electron chi connectivity index (χ1n) is 9.39. The first kappa shape index (κ1) is 17.5. The van der Waals surface area contributed by atoms with Gasteiger partial charge in [0, 0.05) is 0 Å². The van der Waals surface area contributed by atoms with Crippen molar-refractivity contribution >= 4 is 0 Å². The standard InChI is InChI=1S/C20H28F2O2/c1-3-5-13-6-8-16-14(7-9-15(13)16)12-24-18-11-10-17(23-4-2)19(21)20(18)22/h10-11,13-16H,3-9,12H2,1-2H3. The maximum atomic E-state index is 14.1. The second-order valence-corrected chi connectivity index (χ2v) is 7.23. The monoisotopic (exact) mass is 338 g/mol. The van der Waals surface area contributed by atoms with Crippen LogP contribution in [0.5, 0.6) is 11.5 Å². The van der Waals surface area contributed by atoms with Gasteiger partial charge in [0.25, 0.3) is 0 Å². The molecule has 0 saturated heterocycles. The van der Waals surface area contributed by atoms with E-state index in [4.69, 9.17) is 9.47 Å². The third-order valence-corrected chi connectivity index (χ3v) is 5.93. The van der Waals surface area contributed by atoms with E-state index in [-0.39, 0.29) is 11.5 Å². The highest BCUT2D eigenvalue weighted by Gasteiger charge is 2.44. The lowest BCUT2D eigenvalue weighted by Crippen LogP contribution is -2.19. The summed E-state index contributed by atoms with van der Waals surface area (Å²) in [6.07, 6.45) is 7.59. The highest BCUT2D eigenvalue weighted by atomic mass is 19.2. The molecule has 2 fully saturated rings. The number of halogens is 2. The predicted molar refractivity (Wildman–Crippen MR) is 90.4 cm³/mol. The Hall–Kier alpha value is -1.32. The number of hydrogen-bond donors (Lipinski definition) is 0. The average molecular weight is 338 g/mol. The molecule has 134 valence electrons. The number of rotatable bonds is 7. The molecule has 1 aromatic carbocycles. The van der Waals surface area contributed by atoms with Gasteiger partial charge in [0.1, 0.15) is 0 Å². The molecule has 0 spiro atoms. The molecule has 2 aliphatic carbocycles. The van der Waals surface area contributed by atoms with Crippen molar-refractivity contribution in [1.29, 1.82) is 0 Å². The van der Waals surface area contributed by atoms with Crippen LogP contribution in [-0.4, -0.2) is 13.2 Å². The number of benzene rings is 1. The predicted octanol–water partition coefficient (Wildman–Crippen LogP) is 5.59. The fourth-order valence-electron chi connectivity index (χ4n) is 4.87. The van der Waals surface area contributed by atoms with Crippen molar-refractivity contribution in [1.82, 2.24) is 0 Å². The van der Waals surface area contributed by atoms with E-state index in [1.807, 2.05) is 0 Å². The molecule has 0 heterocycles. The SMILES string of the molecule is CCCC1CCC2C(COc3ccc(OCC)c(F)c3F)CCC12. The van der Waals surface area contributed by atoms with Crippen LogP contribution in [0.1, 0.15) is 52.4 Å². The number of ether oxygens (including phenoxy) is 2. The van der Waals surface area contributed by atoms with Gasteiger partial charge < -0.3 is 9.47 Å². The molecule has 4 atom stereocenters. The first-order valence-corrected chi connectivity index (χ1v) is 9.39. The van der Waals surface area contributed by atoms with Gasteiger partial charge in [-0.15, -0.1) is 0 Å². The van der Waals surface area contributed by atoms with Crippen LogP contribution in [0.15, 0.2) is 12.1 Å². The van der Waals surface area contributed by atoms with E-state index in [0.717, 1.165) is 18.3 Å². The quantitative estimate of drug-likeness (QED) is 0.645. The molecule has 3 rings (SSSR count). The summed E-state index contributed by atoms with van der Waals surface area (Å²) in [5.41, 5.74) is 0. The van der Waals surface area contributed by atoms with Gasteiger partial charge in [-0.2, -0.15) is 8.78 Å². The Morgan fingerprint density at radius 3 is 2.08 bits per heavy atom. The maximum absolute atomic E-state index is 14.1. The van der Waals surface area contributed by atoms with Crippen molar-refractivity contribution in [3.63, 3.8) is 0 Å². The lowest BCUT2D eigenvalue weighted by molar-refractivity contribution is 0.193. The fourth-order valence-corrected chi connectivity index (χ4v) is 4.87. The van der Waals surface area contributed by atoms with Crippen molar-refractivity contribution in [3.05, 3.63) is 23.8 Å². The Kier molecular flexibility index (Phi) is 5.62. The van der Waals surface area contributed by atoms with Crippen LogP contribution in [0.3, 0.4) is 0 Å². The highest BCUT2D eigenvalue weighted by Crippen LogP contribution is 2.52. The average Bonchev–Trinajstić information content (AvgIpc) is 3.15. The Bertz CT molecular complexity index is 561. The molecule has 0 aromatic heterocycles. The Labute approximate surface area is 143 Å². The van der Waals surface area contributed by atoms with Crippen LogP contribution in [0.25, 0.3) is 0 Å². The van der Waals surface area contributed by atoms with E-state index in [1.54, 1.807) is 6.92 Å². The van der Waals surface area contributed by atoms with Crippen molar-refractivity contribution < 1.29 is 18.3 Å². The molecule has 0 amide bonds. The molecule has 4 heteroatoms. The molecule has 1 aromatic rings. The van der Waals surface area contributed by atoms with Gasteiger partial charge in [0.15, 0.2) is 11.5 Å². The van der Waals surface area contributed by atoms with E-state index < -0.39 is 11.6 Å². The Morgan fingerprint density at radius 2 is 1.46 bits per heavy atom. The normalized spacial score (nSPS) is 28.8. The van der Waals surface area contributed by atoms with Gasteiger partial charge in [-0.25, -0.2) is 0 Å². The fraction of sp³-hybridized carbons (Fsp3) is 0.700. The molecule has 0 bridgehead atoms. The van der Waals surface area contributed by atoms with Crippen LogP contribution in [0.2, 0.25) is 0 Å². The van der Waals surface area contributed by atoms with Crippen LogP contribution in [0, 0.1) is 35.3 Å². The lowest BCUT2D eigenvalue weighted by atomic mass is 9.87. The minimum Gasteiger partial charge on any atom is -0.491 e. The molecule has 24 heavy (non-hydrogen) atoms. The summed E-state index contributed by atoms with van der Waals surface area (Å²) in [7, 11) is 0. The summed E-state index contributed by atoms with van der Waals surface area (Å²) in [6.45, 7) is 4.79. The van der Waals surface area contributed by atoms with Crippen molar-refractivity contribution in [2.24, 2.45) is 23.7 Å². The summed E-state index contributed by atoms with van der Waals surface area (Å²) < 4.78 is 38.8. The Morgan fingerprint density at radius 1 is 0.875 bits per heavy atom. The van der Waals surface area contributed by atoms with Crippen molar-refractivity contribution in [2.45, 2.75) is 52.4 Å². The molecular formula is C20H28F2O2. The third-order valence-electron chi connectivity index (χ3n) is 5.93. The highest BCUT2D eigenvalue weighted by molar-refractivity contribution is 5.35. The van der Waals surface area contributed by atoms with Crippen molar-refractivity contribution in [3.8, 4) is 11.5 Å². The van der Waals surface area contributed by atoms with Gasteiger partial charge in [-0.1, -0.05) is 19.8 Å². The molecule has 2 aliphatic rings. The summed E-state index contributed by atoms with van der Waals surface area (Å²) in [5.74, 6) is 0.922. The smallest absolute Gasteiger partial charge is 0.204 e. The Balaban J connectivity index is 1.60. The summed E-state index contributed by atoms with van der Waals surface area (Å²) in [4.78, 5) is 0. The van der Waals surface area contributed by atoms with Gasteiger partial charge >= 0.3 is 0 Å². The van der Waals surface area contributed by atoms with Gasteiger partial charge in [-0.05, 0) is 68.4 Å². The van der Waals surface area contributed by atoms with Gasteiger partial charge in [0.05, 0.1) is 13.2 Å². The van der Waals surface area contributed by atoms with Gasteiger partial charge in [0.2, 0.25) is 11.6 Å². The summed E-state index contributed by atoms with van der Waals surface area (Å²) in [6, 6.07) is 2.92. The van der Waals surface area contributed by atoms with Gasteiger partial charge in [-0.3, -0.25) is 0 Å². The lowest BCUT2D eigenvalue weighted by Gasteiger charge is -2.21. The molecule has 4 unspecified atom stereocenters. The van der Waals surface area contributed by atoms with Crippen molar-refractivity contribution in [2.75, 3.05) is 13.2 Å². The number of hydrogen-bond acceptors (Lipinski definition) is 2.